The van der Waals surface area contributed by atoms with Crippen LogP contribution in [0.5, 0.6) is 23.0 Å². The summed E-state index contributed by atoms with van der Waals surface area (Å²) in [6, 6.07) is 6.02. The lowest BCUT2D eigenvalue weighted by Gasteiger charge is -2.27. The van der Waals surface area contributed by atoms with Crippen LogP contribution in [0.1, 0.15) is 60.7 Å². The molecule has 0 amide bonds. The van der Waals surface area contributed by atoms with Gasteiger partial charge in [-0.05, 0) is 64.3 Å². The Morgan fingerprint density at radius 1 is 0.967 bits per heavy atom. The number of fused-ring (bicyclic) bond motifs is 1. The van der Waals surface area contributed by atoms with E-state index in [1.165, 1.54) is 12.1 Å². The second-order valence-corrected chi connectivity index (χ2v) is 8.18. The van der Waals surface area contributed by atoms with Gasteiger partial charge in [0.1, 0.15) is 29.6 Å². The average molecular weight is 408 g/mol. The molecule has 3 rings (SSSR count). The summed E-state index contributed by atoms with van der Waals surface area (Å²) in [5.74, 6) is -0.520. The Morgan fingerprint density at radius 2 is 1.63 bits per heavy atom. The van der Waals surface area contributed by atoms with Gasteiger partial charge in [0, 0.05) is 17.2 Å². The lowest BCUT2D eigenvalue weighted by molar-refractivity contribution is 0.0892. The van der Waals surface area contributed by atoms with Gasteiger partial charge in [-0.25, -0.2) is 0 Å². The minimum absolute atomic E-state index is 0.00717. The van der Waals surface area contributed by atoms with Gasteiger partial charge < -0.3 is 20.1 Å². The van der Waals surface area contributed by atoms with E-state index in [0.717, 1.165) is 11.1 Å². The zero-order valence-electron chi connectivity index (χ0n) is 17.8. The number of Topliss-reactive ketones (excluding diaryl/α,β-unsaturated/α-hetero) is 1. The van der Waals surface area contributed by atoms with Crippen molar-refractivity contribution in [3.8, 4) is 23.0 Å². The molecule has 0 aromatic heterocycles. The van der Waals surface area contributed by atoms with Crippen LogP contribution in [0.15, 0.2) is 47.6 Å². The summed E-state index contributed by atoms with van der Waals surface area (Å²) < 4.78 is 5.93. The molecule has 1 atom stereocenters. The van der Waals surface area contributed by atoms with E-state index < -0.39 is 5.92 Å². The Labute approximate surface area is 177 Å². The van der Waals surface area contributed by atoms with E-state index >= 15 is 0 Å². The van der Waals surface area contributed by atoms with Gasteiger partial charge in [0.05, 0.1) is 11.5 Å². The van der Waals surface area contributed by atoms with Gasteiger partial charge >= 0.3 is 0 Å². The highest BCUT2D eigenvalue weighted by molar-refractivity contribution is 6.05. The van der Waals surface area contributed by atoms with Gasteiger partial charge in [-0.15, -0.1) is 0 Å². The Bertz CT molecular complexity index is 1040. The minimum atomic E-state index is -0.690. The fourth-order valence-corrected chi connectivity index (χ4v) is 3.54. The van der Waals surface area contributed by atoms with Gasteiger partial charge in [0.15, 0.2) is 5.78 Å². The molecule has 0 radical (unpaired) electrons. The van der Waals surface area contributed by atoms with Crippen LogP contribution >= 0.6 is 0 Å². The van der Waals surface area contributed by atoms with E-state index in [9.17, 15) is 20.1 Å². The number of benzene rings is 2. The zero-order chi connectivity index (χ0) is 22.0. The van der Waals surface area contributed by atoms with Crippen LogP contribution < -0.4 is 4.74 Å². The molecule has 2 aromatic carbocycles. The molecule has 0 spiro atoms. The molecule has 158 valence electrons. The zero-order valence-corrected chi connectivity index (χ0v) is 17.8. The average Bonchev–Trinajstić information content (AvgIpc) is 2.67. The maximum atomic E-state index is 13.3. The molecule has 0 bridgehead atoms. The Morgan fingerprint density at radius 3 is 2.30 bits per heavy atom. The van der Waals surface area contributed by atoms with E-state index in [1.807, 2.05) is 39.8 Å². The third kappa shape index (κ3) is 4.35. The highest BCUT2D eigenvalue weighted by Crippen LogP contribution is 2.42. The maximum Gasteiger partial charge on any atom is 0.177 e. The molecule has 0 saturated carbocycles. The number of phenols is 3. The molecule has 0 unspecified atom stereocenters. The largest absolute Gasteiger partial charge is 0.508 e. The fraction of sp³-hybridized carbons (Fsp3) is 0.320. The fourth-order valence-electron chi connectivity index (χ4n) is 3.54. The van der Waals surface area contributed by atoms with Crippen LogP contribution in [0.2, 0.25) is 0 Å². The second kappa shape index (κ2) is 8.66. The summed E-state index contributed by atoms with van der Waals surface area (Å²) in [6.45, 7) is 7.92. The number of phenolic OH excluding ortho intramolecular Hbond substituents is 3. The molecule has 0 saturated heterocycles. The van der Waals surface area contributed by atoms with Crippen molar-refractivity contribution in [2.24, 2.45) is 0 Å². The second-order valence-electron chi connectivity index (χ2n) is 8.18. The lowest BCUT2D eigenvalue weighted by Crippen LogP contribution is -2.27. The van der Waals surface area contributed by atoms with Crippen molar-refractivity contribution >= 4 is 5.78 Å². The van der Waals surface area contributed by atoms with Crippen LogP contribution in [0.4, 0.5) is 0 Å². The third-order valence-electron chi connectivity index (χ3n) is 5.26. The molecule has 1 heterocycles. The number of aromatic hydroxyl groups is 3. The molecule has 1 aliphatic rings. The molecule has 5 nitrogen and oxygen atoms in total. The topological polar surface area (TPSA) is 87.0 Å². The van der Waals surface area contributed by atoms with E-state index in [2.05, 4.69) is 0 Å². The van der Waals surface area contributed by atoms with Gasteiger partial charge in [-0.1, -0.05) is 23.3 Å². The first-order chi connectivity index (χ1) is 14.2. The van der Waals surface area contributed by atoms with Crippen molar-refractivity contribution in [3.05, 3.63) is 69.8 Å². The maximum absolute atomic E-state index is 13.3. The minimum Gasteiger partial charge on any atom is -0.508 e. The van der Waals surface area contributed by atoms with Crippen molar-refractivity contribution in [1.29, 1.82) is 0 Å². The lowest BCUT2D eigenvalue weighted by atomic mass is 9.85. The Kier molecular flexibility index (Phi) is 6.20. The van der Waals surface area contributed by atoms with Crippen molar-refractivity contribution in [2.75, 3.05) is 6.61 Å². The Hall–Kier alpha value is -3.21. The standard InChI is InChI=1S/C25H28O5/c1-14(2)5-7-16-11-19(23(28)12-22(16)27)20-13-30-25-17(8-6-15(3)4)21(26)10-9-18(25)24(20)29/h5-6,9-12,20,26-28H,7-8,13H2,1-4H3/t20-/m1/s1. The van der Waals surface area contributed by atoms with Crippen molar-refractivity contribution < 1.29 is 24.9 Å². The van der Waals surface area contributed by atoms with E-state index in [4.69, 9.17) is 4.74 Å². The SMILES string of the molecule is CC(C)=CCc1cc([C@H]2COc3c(ccc(O)c3CC=C(C)C)C2=O)c(O)cc1O. The van der Waals surface area contributed by atoms with Crippen molar-refractivity contribution in [1.82, 2.24) is 0 Å². The van der Waals surface area contributed by atoms with Crippen LogP contribution in [-0.4, -0.2) is 27.7 Å². The number of rotatable bonds is 5. The monoisotopic (exact) mass is 408 g/mol. The molecule has 3 N–H and O–H groups in total. The number of ether oxygens (including phenoxy) is 1. The summed E-state index contributed by atoms with van der Waals surface area (Å²) in [7, 11) is 0. The van der Waals surface area contributed by atoms with E-state index in [-0.39, 0.29) is 29.6 Å². The van der Waals surface area contributed by atoms with E-state index in [0.29, 0.717) is 40.8 Å². The number of carbonyl (C=O) groups excluding carboxylic acids is 1. The number of carbonyl (C=O) groups is 1. The Balaban J connectivity index is 2.00. The van der Waals surface area contributed by atoms with Crippen LogP contribution in [0, 0.1) is 0 Å². The highest BCUT2D eigenvalue weighted by atomic mass is 16.5. The van der Waals surface area contributed by atoms with Crippen molar-refractivity contribution in [3.63, 3.8) is 0 Å². The number of hydrogen-bond acceptors (Lipinski definition) is 5. The van der Waals surface area contributed by atoms with Crippen LogP contribution in [0.25, 0.3) is 0 Å². The van der Waals surface area contributed by atoms with E-state index in [1.54, 1.807) is 12.1 Å². The van der Waals surface area contributed by atoms with Crippen molar-refractivity contribution in [2.45, 2.75) is 46.5 Å². The predicted molar refractivity (Wildman–Crippen MR) is 117 cm³/mol. The quantitative estimate of drug-likeness (QED) is 0.594. The summed E-state index contributed by atoms with van der Waals surface area (Å²) >= 11 is 0. The smallest absolute Gasteiger partial charge is 0.177 e. The highest BCUT2D eigenvalue weighted by Gasteiger charge is 2.34. The summed E-state index contributed by atoms with van der Waals surface area (Å²) in [6.07, 6.45) is 4.91. The summed E-state index contributed by atoms with van der Waals surface area (Å²) in [5.41, 5.74) is 4.25. The molecule has 0 fully saturated rings. The molecule has 0 aliphatic carbocycles. The molecular formula is C25H28O5. The number of hydrogen-bond donors (Lipinski definition) is 3. The molecule has 2 aromatic rings. The van der Waals surface area contributed by atoms with Gasteiger partial charge in [-0.2, -0.15) is 0 Å². The van der Waals surface area contributed by atoms with Gasteiger partial charge in [-0.3, -0.25) is 4.79 Å². The van der Waals surface area contributed by atoms with Crippen LogP contribution in [-0.2, 0) is 12.8 Å². The first-order valence-corrected chi connectivity index (χ1v) is 10.0. The first kappa shape index (κ1) is 21.5. The summed E-state index contributed by atoms with van der Waals surface area (Å²) in [5, 5.41) is 30.9. The predicted octanol–water partition coefficient (Wildman–Crippen LogP) is 5.18. The van der Waals surface area contributed by atoms with Gasteiger partial charge in [0.25, 0.3) is 0 Å². The normalized spacial score (nSPS) is 15.2. The molecular weight excluding hydrogens is 380 g/mol. The third-order valence-corrected chi connectivity index (χ3v) is 5.26. The van der Waals surface area contributed by atoms with Gasteiger partial charge in [0.2, 0.25) is 0 Å². The molecule has 30 heavy (non-hydrogen) atoms. The van der Waals surface area contributed by atoms with Crippen LogP contribution in [0.3, 0.4) is 0 Å². The number of allylic oxidation sites excluding steroid dienone is 4. The molecule has 1 aliphatic heterocycles. The molecule has 5 heteroatoms. The number of ketones is 1. The summed E-state index contributed by atoms with van der Waals surface area (Å²) in [4.78, 5) is 13.3. The first-order valence-electron chi connectivity index (χ1n) is 10.0.